The fourth-order valence-electron chi connectivity index (χ4n) is 4.76. The average molecular weight is 426 g/mol. The predicted octanol–water partition coefficient (Wildman–Crippen LogP) is 2.71. The summed E-state index contributed by atoms with van der Waals surface area (Å²) in [5, 5.41) is 4.06. The van der Waals surface area contributed by atoms with Crippen LogP contribution in [0.1, 0.15) is 23.6 Å². The molecule has 5 heterocycles. The third-order valence-electron chi connectivity index (χ3n) is 6.23. The van der Waals surface area contributed by atoms with Crippen LogP contribution < -0.4 is 5.32 Å². The van der Waals surface area contributed by atoms with Gasteiger partial charge in [0.05, 0.1) is 22.9 Å². The number of amides is 3. The number of nitrogens with zero attached hydrogens (tertiary/aromatic N) is 3. The van der Waals surface area contributed by atoms with Crippen LogP contribution in [0.25, 0.3) is 33.0 Å². The van der Waals surface area contributed by atoms with Crippen molar-refractivity contribution < 1.29 is 18.8 Å². The molecule has 8 nitrogen and oxygen atoms in total. The minimum Gasteiger partial charge on any atom is -0.464 e. The zero-order chi connectivity index (χ0) is 22.0. The first-order valence-electron chi connectivity index (χ1n) is 10.3. The molecule has 3 amide bonds. The maximum absolute atomic E-state index is 13.0. The fraction of sp³-hybridized carbons (Fsp3) is 0.167. The van der Waals surface area contributed by atoms with Gasteiger partial charge in [0.1, 0.15) is 5.58 Å². The molecule has 2 aliphatic rings. The highest BCUT2D eigenvalue weighted by Gasteiger charge is 2.36. The molecule has 8 heteroatoms. The van der Waals surface area contributed by atoms with Gasteiger partial charge in [-0.25, -0.2) is 0 Å². The van der Waals surface area contributed by atoms with Gasteiger partial charge in [-0.05, 0) is 11.6 Å². The van der Waals surface area contributed by atoms with Gasteiger partial charge in [-0.3, -0.25) is 24.7 Å². The van der Waals surface area contributed by atoms with E-state index in [1.807, 2.05) is 24.4 Å². The summed E-state index contributed by atoms with van der Waals surface area (Å²) in [5.74, 6) is -0.888. The van der Waals surface area contributed by atoms with Crippen molar-refractivity contribution in [3.63, 3.8) is 0 Å². The van der Waals surface area contributed by atoms with E-state index in [0.717, 1.165) is 21.9 Å². The Morgan fingerprint density at radius 3 is 2.69 bits per heavy atom. The van der Waals surface area contributed by atoms with Crippen LogP contribution in [0.15, 0.2) is 53.5 Å². The minimum atomic E-state index is -0.470. The number of aromatic nitrogens is 2. The molecule has 158 valence electrons. The predicted molar refractivity (Wildman–Crippen MR) is 117 cm³/mol. The number of hydrogen-bond acceptors (Lipinski definition) is 5. The summed E-state index contributed by atoms with van der Waals surface area (Å²) < 4.78 is 7.68. The number of carbonyl (C=O) groups excluding carboxylic acids is 3. The monoisotopic (exact) mass is 426 g/mol. The molecule has 6 rings (SSSR count). The Balaban J connectivity index is 1.62. The number of pyridine rings is 1. The summed E-state index contributed by atoms with van der Waals surface area (Å²) in [4.78, 5) is 43.9. The normalized spacial score (nSPS) is 16.2. The molecule has 0 saturated heterocycles. The zero-order valence-electron chi connectivity index (χ0n) is 17.2. The van der Waals surface area contributed by atoms with E-state index in [9.17, 15) is 14.4 Å². The molecule has 0 radical (unpaired) electrons. The van der Waals surface area contributed by atoms with Crippen molar-refractivity contribution in [2.75, 3.05) is 6.54 Å². The first kappa shape index (κ1) is 18.6. The third kappa shape index (κ3) is 2.56. The molecular weight excluding hydrogens is 408 g/mol. The smallest absolute Gasteiger partial charge is 0.259 e. The highest BCUT2D eigenvalue weighted by molar-refractivity contribution is 6.50. The van der Waals surface area contributed by atoms with Crippen LogP contribution in [0.3, 0.4) is 0 Å². The molecule has 0 fully saturated rings. The van der Waals surface area contributed by atoms with E-state index >= 15 is 0 Å². The molecule has 2 aliphatic heterocycles. The van der Waals surface area contributed by atoms with Crippen molar-refractivity contribution >= 4 is 50.7 Å². The topological polar surface area (TPSA) is 97.4 Å². The number of rotatable bonds is 2. The number of carbonyl (C=O) groups is 3. The molecule has 0 unspecified atom stereocenters. The Labute approximate surface area is 182 Å². The van der Waals surface area contributed by atoms with Crippen LogP contribution in [0.5, 0.6) is 0 Å². The van der Waals surface area contributed by atoms with E-state index in [-0.39, 0.29) is 11.5 Å². The average Bonchev–Trinajstić information content (AvgIpc) is 3.42. The Hall–Kier alpha value is -4.20. The second-order valence-corrected chi connectivity index (χ2v) is 8.05. The summed E-state index contributed by atoms with van der Waals surface area (Å²) in [5.41, 5.74) is 4.22. The third-order valence-corrected chi connectivity index (χ3v) is 6.23. The lowest BCUT2D eigenvalue weighted by molar-refractivity contribution is -0.129. The van der Waals surface area contributed by atoms with Crippen LogP contribution in [-0.2, 0) is 27.5 Å². The molecule has 4 aromatic rings. The van der Waals surface area contributed by atoms with Crippen LogP contribution in [0, 0.1) is 0 Å². The summed E-state index contributed by atoms with van der Waals surface area (Å²) in [6.45, 7) is 3.24. The lowest BCUT2D eigenvalue weighted by Gasteiger charge is -2.18. The number of para-hydroxylation sites is 1. The molecule has 0 aliphatic carbocycles. The zero-order valence-corrected chi connectivity index (χ0v) is 17.2. The maximum atomic E-state index is 13.0. The summed E-state index contributed by atoms with van der Waals surface area (Å²) >= 11 is 0. The second kappa shape index (κ2) is 6.65. The molecule has 0 saturated carbocycles. The largest absolute Gasteiger partial charge is 0.464 e. The van der Waals surface area contributed by atoms with Gasteiger partial charge in [-0.1, -0.05) is 18.2 Å². The second-order valence-electron chi connectivity index (χ2n) is 8.05. The van der Waals surface area contributed by atoms with Crippen molar-refractivity contribution in [2.24, 2.45) is 0 Å². The summed E-state index contributed by atoms with van der Waals surface area (Å²) in [6, 6.07) is 7.62. The van der Waals surface area contributed by atoms with Gasteiger partial charge in [0, 0.05) is 67.0 Å². The lowest BCUT2D eigenvalue weighted by atomic mass is 9.95. The van der Waals surface area contributed by atoms with Crippen molar-refractivity contribution in [1.29, 1.82) is 0 Å². The molecule has 3 aromatic heterocycles. The van der Waals surface area contributed by atoms with Gasteiger partial charge in [-0.15, -0.1) is 0 Å². The van der Waals surface area contributed by atoms with Crippen molar-refractivity contribution in [3.05, 3.63) is 65.8 Å². The number of fused-ring (bicyclic) bond motifs is 1. The number of benzene rings is 1. The van der Waals surface area contributed by atoms with Crippen molar-refractivity contribution in [3.8, 4) is 0 Å². The van der Waals surface area contributed by atoms with E-state index in [1.54, 1.807) is 30.3 Å². The van der Waals surface area contributed by atoms with E-state index in [2.05, 4.69) is 14.9 Å². The minimum absolute atomic E-state index is 0.0257. The van der Waals surface area contributed by atoms with Gasteiger partial charge in [-0.2, -0.15) is 0 Å². The Morgan fingerprint density at radius 2 is 1.88 bits per heavy atom. The van der Waals surface area contributed by atoms with Gasteiger partial charge in [0.2, 0.25) is 5.91 Å². The Kier molecular flexibility index (Phi) is 3.86. The Morgan fingerprint density at radius 1 is 1.06 bits per heavy atom. The molecule has 32 heavy (non-hydrogen) atoms. The van der Waals surface area contributed by atoms with Crippen LogP contribution in [0.4, 0.5) is 0 Å². The van der Waals surface area contributed by atoms with Gasteiger partial charge in [0.25, 0.3) is 11.8 Å². The van der Waals surface area contributed by atoms with Crippen LogP contribution in [0.2, 0.25) is 0 Å². The number of nitrogens with one attached hydrogen (secondary N) is 1. The molecule has 1 N–H and O–H groups in total. The molecule has 0 spiro atoms. The first-order chi connectivity index (χ1) is 15.5. The number of hydrogen-bond donors (Lipinski definition) is 1. The standard InChI is InChI=1S/C24H18N4O4/c1-13(29)27-6-7-28-12-18(16-4-2-3-15(11-27)21(16)28)20-19(23(30)26-24(20)31)17-10-25-9-14-5-8-32-22(14)17/h2-5,8-10,12H,6-7,11H2,1H3,(H,26,30,31). The van der Waals surface area contributed by atoms with E-state index in [4.69, 9.17) is 4.42 Å². The van der Waals surface area contributed by atoms with Gasteiger partial charge in [0.15, 0.2) is 0 Å². The molecule has 0 atom stereocenters. The SMILES string of the molecule is CC(=O)N1CCn2cc(C3=C(c4cncc5ccoc45)C(=O)NC3=O)c3cccc(c32)C1. The highest BCUT2D eigenvalue weighted by atomic mass is 16.3. The molecule has 0 bridgehead atoms. The van der Waals surface area contributed by atoms with Crippen molar-refractivity contribution in [1.82, 2.24) is 19.8 Å². The maximum Gasteiger partial charge on any atom is 0.259 e. The molecule has 1 aromatic carbocycles. The quantitative estimate of drug-likeness (QED) is 0.497. The van der Waals surface area contributed by atoms with E-state index in [0.29, 0.717) is 41.9 Å². The van der Waals surface area contributed by atoms with Crippen LogP contribution in [-0.4, -0.2) is 38.7 Å². The van der Waals surface area contributed by atoms with Crippen molar-refractivity contribution in [2.45, 2.75) is 20.0 Å². The lowest BCUT2D eigenvalue weighted by Crippen LogP contribution is -2.29. The molecular formula is C24H18N4O4. The number of furan rings is 1. The highest BCUT2D eigenvalue weighted by Crippen LogP contribution is 2.39. The summed E-state index contributed by atoms with van der Waals surface area (Å²) in [7, 11) is 0. The summed E-state index contributed by atoms with van der Waals surface area (Å²) in [6.07, 6.45) is 6.65. The number of imide groups is 1. The first-order valence-corrected chi connectivity index (χ1v) is 10.3. The van der Waals surface area contributed by atoms with E-state index < -0.39 is 11.8 Å². The Bertz CT molecular complexity index is 1510. The fourth-order valence-corrected chi connectivity index (χ4v) is 4.76. The van der Waals surface area contributed by atoms with Gasteiger partial charge >= 0.3 is 0 Å². The van der Waals surface area contributed by atoms with Crippen LogP contribution >= 0.6 is 0 Å². The van der Waals surface area contributed by atoms with Gasteiger partial charge < -0.3 is 13.9 Å². The van der Waals surface area contributed by atoms with E-state index in [1.165, 1.54) is 6.26 Å².